The van der Waals surface area contributed by atoms with Crippen molar-refractivity contribution in [2.45, 2.75) is 13.1 Å². The fourth-order valence-electron chi connectivity index (χ4n) is 2.59. The summed E-state index contributed by atoms with van der Waals surface area (Å²) in [6.45, 7) is 4.24. The number of carbonyl (C=O) groups is 1. The standard InChI is InChI=1S/C16H17F3N4OS/c1-11(24)10-20-14-21-15(25-14)23-7-5-22(6-8-23)13-4-2-3-12(9-13)16(17,18)19/h2-4,9H,5-8,10H2,1H3. The van der Waals surface area contributed by atoms with E-state index in [1.807, 2.05) is 4.90 Å². The summed E-state index contributed by atoms with van der Waals surface area (Å²) >= 11 is 1.43. The number of rotatable bonds is 3. The highest BCUT2D eigenvalue weighted by molar-refractivity contribution is 8.28. The van der Waals surface area contributed by atoms with Crippen LogP contribution >= 0.6 is 11.8 Å². The third-order valence-electron chi connectivity index (χ3n) is 3.90. The average Bonchev–Trinajstić information content (AvgIpc) is 2.53. The molecule has 1 aromatic carbocycles. The minimum atomic E-state index is -4.33. The van der Waals surface area contributed by atoms with Gasteiger partial charge in [-0.2, -0.15) is 18.2 Å². The number of benzene rings is 1. The number of thioether (sulfide) groups is 1. The van der Waals surface area contributed by atoms with Gasteiger partial charge in [-0.25, -0.2) is 0 Å². The second-order valence-corrected chi connectivity index (χ2v) is 6.75. The van der Waals surface area contributed by atoms with Crippen molar-refractivity contribution in [2.24, 2.45) is 9.98 Å². The summed E-state index contributed by atoms with van der Waals surface area (Å²) in [6.07, 6.45) is -4.33. The molecule has 0 bridgehead atoms. The van der Waals surface area contributed by atoms with Gasteiger partial charge in [0.25, 0.3) is 0 Å². The molecule has 2 aliphatic rings. The quantitative estimate of drug-likeness (QED) is 0.821. The van der Waals surface area contributed by atoms with E-state index < -0.39 is 11.7 Å². The van der Waals surface area contributed by atoms with Crippen molar-refractivity contribution in [1.82, 2.24) is 4.90 Å². The lowest BCUT2D eigenvalue weighted by Crippen LogP contribution is -2.49. The Kier molecular flexibility index (Phi) is 5.03. The number of anilines is 1. The molecule has 2 heterocycles. The van der Waals surface area contributed by atoms with Crippen LogP contribution in [0, 0.1) is 0 Å². The summed E-state index contributed by atoms with van der Waals surface area (Å²) in [4.78, 5) is 23.3. The van der Waals surface area contributed by atoms with Gasteiger partial charge in [0, 0.05) is 31.9 Å². The molecule has 0 amide bonds. The van der Waals surface area contributed by atoms with Gasteiger partial charge < -0.3 is 9.80 Å². The molecule has 0 radical (unpaired) electrons. The summed E-state index contributed by atoms with van der Waals surface area (Å²) in [5.41, 5.74) is -0.0425. The van der Waals surface area contributed by atoms with Crippen molar-refractivity contribution < 1.29 is 18.0 Å². The first kappa shape index (κ1) is 17.8. The van der Waals surface area contributed by atoms with Gasteiger partial charge in [0.05, 0.1) is 5.56 Å². The minimum Gasteiger partial charge on any atom is -0.368 e. The maximum atomic E-state index is 12.8. The molecule has 0 saturated carbocycles. The fourth-order valence-corrected chi connectivity index (χ4v) is 3.32. The summed E-state index contributed by atoms with van der Waals surface area (Å²) < 4.78 is 38.5. The van der Waals surface area contributed by atoms with Crippen molar-refractivity contribution >= 4 is 33.6 Å². The van der Waals surface area contributed by atoms with Crippen LogP contribution in [-0.4, -0.2) is 53.7 Å². The van der Waals surface area contributed by atoms with Crippen LogP contribution in [0.4, 0.5) is 18.9 Å². The highest BCUT2D eigenvalue weighted by Gasteiger charge is 2.31. The fraction of sp³-hybridized carbons (Fsp3) is 0.438. The molecule has 134 valence electrons. The van der Waals surface area contributed by atoms with Crippen molar-refractivity contribution in [1.29, 1.82) is 0 Å². The van der Waals surface area contributed by atoms with Crippen molar-refractivity contribution in [3.8, 4) is 0 Å². The van der Waals surface area contributed by atoms with Gasteiger partial charge in [-0.05, 0) is 36.9 Å². The zero-order valence-electron chi connectivity index (χ0n) is 13.6. The van der Waals surface area contributed by atoms with E-state index in [1.165, 1.54) is 30.8 Å². The van der Waals surface area contributed by atoms with Crippen LogP contribution in [0.2, 0.25) is 0 Å². The molecular formula is C16H17F3N4OS. The number of carbonyl (C=O) groups excluding carboxylic acids is 1. The highest BCUT2D eigenvalue weighted by Crippen LogP contribution is 2.32. The third kappa shape index (κ3) is 4.33. The molecule has 5 nitrogen and oxygen atoms in total. The molecule has 1 aromatic rings. The van der Waals surface area contributed by atoms with E-state index in [9.17, 15) is 18.0 Å². The SMILES string of the molecule is CC(=O)CN=C1N=C(N2CCN(c3cccc(C(F)(F)F)c3)CC2)S1. The summed E-state index contributed by atoms with van der Waals surface area (Å²) in [5.74, 6) is -0.00792. The number of piperazine rings is 1. The predicted molar refractivity (Wildman–Crippen MR) is 93.2 cm³/mol. The molecule has 0 atom stereocenters. The second-order valence-electron chi connectivity index (χ2n) is 5.82. The molecular weight excluding hydrogens is 353 g/mol. The van der Waals surface area contributed by atoms with E-state index in [0.717, 1.165) is 11.2 Å². The Morgan fingerprint density at radius 1 is 1.24 bits per heavy atom. The lowest BCUT2D eigenvalue weighted by atomic mass is 10.1. The number of aliphatic imine (C=N–C) groups is 2. The number of halogens is 3. The van der Waals surface area contributed by atoms with Gasteiger partial charge in [-0.3, -0.25) is 9.79 Å². The van der Waals surface area contributed by atoms with E-state index >= 15 is 0 Å². The van der Waals surface area contributed by atoms with E-state index in [4.69, 9.17) is 0 Å². The van der Waals surface area contributed by atoms with Gasteiger partial charge in [-0.1, -0.05) is 6.07 Å². The summed E-state index contributed by atoms with van der Waals surface area (Å²) in [6, 6.07) is 5.42. The monoisotopic (exact) mass is 370 g/mol. The number of alkyl halides is 3. The molecule has 0 aliphatic carbocycles. The van der Waals surface area contributed by atoms with Crippen molar-refractivity contribution in [3.05, 3.63) is 29.8 Å². The zero-order valence-corrected chi connectivity index (χ0v) is 14.4. The van der Waals surface area contributed by atoms with E-state index in [2.05, 4.69) is 14.9 Å². The number of hydrogen-bond acceptors (Lipinski definition) is 5. The van der Waals surface area contributed by atoms with Crippen LogP contribution in [0.15, 0.2) is 34.3 Å². The highest BCUT2D eigenvalue weighted by atomic mass is 32.2. The van der Waals surface area contributed by atoms with Crippen LogP contribution in [0.3, 0.4) is 0 Å². The normalized spacial score (nSPS) is 19.7. The third-order valence-corrected chi connectivity index (χ3v) is 4.83. The van der Waals surface area contributed by atoms with Crippen molar-refractivity contribution in [2.75, 3.05) is 37.6 Å². The maximum absolute atomic E-state index is 12.8. The number of Topliss-reactive ketones (excluding diaryl/α,β-unsaturated/α-hetero) is 1. The van der Waals surface area contributed by atoms with Crippen LogP contribution in [0.25, 0.3) is 0 Å². The Bertz CT molecular complexity index is 724. The first-order chi connectivity index (χ1) is 11.8. The molecule has 0 unspecified atom stereocenters. The Labute approximate surface area is 147 Å². The van der Waals surface area contributed by atoms with Crippen molar-refractivity contribution in [3.63, 3.8) is 0 Å². The largest absolute Gasteiger partial charge is 0.416 e. The molecule has 0 spiro atoms. The number of amidine groups is 2. The van der Waals surface area contributed by atoms with E-state index in [-0.39, 0.29) is 12.3 Å². The van der Waals surface area contributed by atoms with Gasteiger partial charge in [0.2, 0.25) is 0 Å². The van der Waals surface area contributed by atoms with E-state index in [0.29, 0.717) is 37.0 Å². The smallest absolute Gasteiger partial charge is 0.368 e. The number of hydrogen-bond donors (Lipinski definition) is 0. The van der Waals surface area contributed by atoms with Gasteiger partial charge in [0.1, 0.15) is 6.54 Å². The molecule has 0 aromatic heterocycles. The Morgan fingerprint density at radius 3 is 2.48 bits per heavy atom. The molecule has 25 heavy (non-hydrogen) atoms. The number of nitrogens with zero attached hydrogens (tertiary/aromatic N) is 4. The van der Waals surface area contributed by atoms with Gasteiger partial charge >= 0.3 is 6.18 Å². The Morgan fingerprint density at radius 2 is 1.88 bits per heavy atom. The number of ketones is 1. The predicted octanol–water partition coefficient (Wildman–Crippen LogP) is 2.88. The molecule has 9 heteroatoms. The summed E-state index contributed by atoms with van der Waals surface area (Å²) in [7, 11) is 0. The Hall–Kier alpha value is -2.03. The first-order valence-corrected chi connectivity index (χ1v) is 8.62. The van der Waals surface area contributed by atoms with Crippen LogP contribution in [0.5, 0.6) is 0 Å². The molecule has 1 fully saturated rings. The van der Waals surface area contributed by atoms with Crippen LogP contribution in [0.1, 0.15) is 12.5 Å². The lowest BCUT2D eigenvalue weighted by molar-refractivity contribution is -0.137. The van der Waals surface area contributed by atoms with Crippen LogP contribution in [-0.2, 0) is 11.0 Å². The van der Waals surface area contributed by atoms with Gasteiger partial charge in [-0.15, -0.1) is 0 Å². The van der Waals surface area contributed by atoms with Gasteiger partial charge in [0.15, 0.2) is 16.1 Å². The summed E-state index contributed by atoms with van der Waals surface area (Å²) in [5, 5.41) is 1.46. The molecule has 1 saturated heterocycles. The molecule has 0 N–H and O–H groups in total. The molecule has 3 rings (SSSR count). The zero-order chi connectivity index (χ0) is 18.0. The lowest BCUT2D eigenvalue weighted by Gasteiger charge is -2.38. The van der Waals surface area contributed by atoms with E-state index in [1.54, 1.807) is 6.07 Å². The average molecular weight is 370 g/mol. The maximum Gasteiger partial charge on any atom is 0.416 e. The Balaban J connectivity index is 1.57. The minimum absolute atomic E-state index is 0.00792. The second kappa shape index (κ2) is 7.07. The molecule has 2 aliphatic heterocycles. The first-order valence-electron chi connectivity index (χ1n) is 7.80. The topological polar surface area (TPSA) is 48.3 Å². The van der Waals surface area contributed by atoms with Crippen LogP contribution < -0.4 is 4.90 Å².